The number of amides is 1. The third kappa shape index (κ3) is 3.11. The highest BCUT2D eigenvalue weighted by molar-refractivity contribution is 6.55. The monoisotopic (exact) mass is 356 g/mol. The van der Waals surface area contributed by atoms with Gasteiger partial charge in [0.05, 0.1) is 11.3 Å². The van der Waals surface area contributed by atoms with Crippen LogP contribution in [0.1, 0.15) is 21.5 Å². The molecule has 5 heteroatoms. The number of aryl methyl sites for hydroxylation is 1. The maximum Gasteiger partial charge on any atom is 0.365 e. The Kier molecular flexibility index (Phi) is 4.26. The van der Waals surface area contributed by atoms with Gasteiger partial charge in [0, 0.05) is 11.3 Å². The highest BCUT2D eigenvalue weighted by Crippen LogP contribution is 2.35. The number of benzene rings is 3. The summed E-state index contributed by atoms with van der Waals surface area (Å²) in [5.74, 6) is -0.940. The maximum absolute atomic E-state index is 13.0. The van der Waals surface area contributed by atoms with Crippen molar-refractivity contribution in [2.24, 2.45) is 5.16 Å². The molecule has 5 nitrogen and oxygen atoms in total. The summed E-state index contributed by atoms with van der Waals surface area (Å²) in [6.07, 6.45) is 0. The van der Waals surface area contributed by atoms with E-state index in [0.717, 1.165) is 11.3 Å². The van der Waals surface area contributed by atoms with E-state index >= 15 is 0 Å². The summed E-state index contributed by atoms with van der Waals surface area (Å²) in [5, 5.41) is 3.90. The number of carbonyl (C=O) groups is 2. The molecule has 3 aromatic carbocycles. The topological polar surface area (TPSA) is 59.0 Å². The molecule has 0 spiro atoms. The lowest BCUT2D eigenvalue weighted by atomic mass is 10.1. The number of para-hydroxylation sites is 2. The largest absolute Gasteiger partial charge is 0.365 e. The Hall–Kier alpha value is -3.73. The quantitative estimate of drug-likeness (QED) is 0.521. The van der Waals surface area contributed by atoms with Crippen molar-refractivity contribution in [3.8, 4) is 0 Å². The van der Waals surface area contributed by atoms with Crippen LogP contribution in [0, 0.1) is 6.92 Å². The standard InChI is InChI=1S/C22H16N2O3/c1-15-11-13-16(14-12-15)22(26)27-23-20-18-9-5-6-10-19(18)24(21(20)25)17-7-3-2-4-8-17/h2-14H,1H3/b23-20-. The second-order valence-corrected chi connectivity index (χ2v) is 6.18. The van der Waals surface area contributed by atoms with Gasteiger partial charge in [0.15, 0.2) is 5.71 Å². The lowest BCUT2D eigenvalue weighted by Gasteiger charge is -2.16. The molecule has 1 amide bonds. The third-order valence-corrected chi connectivity index (χ3v) is 4.33. The zero-order valence-electron chi connectivity index (χ0n) is 14.6. The summed E-state index contributed by atoms with van der Waals surface area (Å²) >= 11 is 0. The zero-order valence-corrected chi connectivity index (χ0v) is 14.6. The summed E-state index contributed by atoms with van der Waals surface area (Å²) in [5.41, 5.74) is 3.58. The van der Waals surface area contributed by atoms with Crippen molar-refractivity contribution in [3.63, 3.8) is 0 Å². The number of carbonyl (C=O) groups excluding carboxylic acids is 2. The highest BCUT2D eigenvalue weighted by atomic mass is 16.7. The number of nitrogens with zero attached hydrogens (tertiary/aromatic N) is 2. The molecule has 0 fully saturated rings. The Morgan fingerprint density at radius 1 is 0.889 bits per heavy atom. The van der Waals surface area contributed by atoms with E-state index in [9.17, 15) is 9.59 Å². The minimum atomic E-state index is -0.606. The van der Waals surface area contributed by atoms with Crippen LogP contribution < -0.4 is 4.90 Å². The maximum atomic E-state index is 13.0. The summed E-state index contributed by atoms with van der Waals surface area (Å²) in [6, 6.07) is 23.5. The molecule has 0 aromatic heterocycles. The van der Waals surface area contributed by atoms with E-state index in [2.05, 4.69) is 5.16 Å². The van der Waals surface area contributed by atoms with Crippen molar-refractivity contribution in [3.05, 3.63) is 95.6 Å². The second-order valence-electron chi connectivity index (χ2n) is 6.18. The van der Waals surface area contributed by atoms with Gasteiger partial charge in [0.2, 0.25) is 0 Å². The normalized spacial score (nSPS) is 14.3. The van der Waals surface area contributed by atoms with E-state index in [1.165, 1.54) is 0 Å². The average Bonchev–Trinajstić information content (AvgIpc) is 2.98. The Bertz CT molecular complexity index is 1040. The van der Waals surface area contributed by atoms with Gasteiger partial charge in [0.25, 0.3) is 5.91 Å². The highest BCUT2D eigenvalue weighted by Gasteiger charge is 2.35. The molecule has 0 N–H and O–H groups in total. The van der Waals surface area contributed by atoms with E-state index in [1.807, 2.05) is 67.6 Å². The first-order valence-electron chi connectivity index (χ1n) is 8.50. The lowest BCUT2D eigenvalue weighted by molar-refractivity contribution is -0.111. The van der Waals surface area contributed by atoms with Crippen LogP contribution in [-0.4, -0.2) is 17.6 Å². The molecule has 1 heterocycles. The number of hydrogen-bond acceptors (Lipinski definition) is 4. The van der Waals surface area contributed by atoms with Gasteiger partial charge in [-0.15, -0.1) is 0 Å². The zero-order chi connectivity index (χ0) is 18.8. The Labute approximate surface area is 156 Å². The summed E-state index contributed by atoms with van der Waals surface area (Å²) < 4.78 is 0. The van der Waals surface area contributed by atoms with E-state index < -0.39 is 5.97 Å². The summed E-state index contributed by atoms with van der Waals surface area (Å²) in [6.45, 7) is 1.93. The molecule has 1 aliphatic heterocycles. The summed E-state index contributed by atoms with van der Waals surface area (Å²) in [7, 11) is 0. The van der Waals surface area contributed by atoms with E-state index in [4.69, 9.17) is 4.84 Å². The predicted octanol–water partition coefficient (Wildman–Crippen LogP) is 4.23. The van der Waals surface area contributed by atoms with Crippen molar-refractivity contribution < 1.29 is 14.4 Å². The minimum absolute atomic E-state index is 0.106. The van der Waals surface area contributed by atoms with Gasteiger partial charge in [-0.05, 0) is 37.3 Å². The van der Waals surface area contributed by atoms with E-state index in [1.54, 1.807) is 23.1 Å². The molecule has 0 saturated heterocycles. The van der Waals surface area contributed by atoms with Crippen LogP contribution in [0.15, 0.2) is 84.0 Å². The molecule has 27 heavy (non-hydrogen) atoms. The molecule has 1 aliphatic rings. The molecular formula is C22H16N2O3. The SMILES string of the molecule is Cc1ccc(C(=O)O/N=C2\C(=O)N(c3ccccc3)c3ccccc32)cc1. The number of hydrogen-bond donors (Lipinski definition) is 0. The first-order valence-corrected chi connectivity index (χ1v) is 8.50. The number of oxime groups is 1. The molecule has 0 saturated carbocycles. The Morgan fingerprint density at radius 2 is 1.56 bits per heavy atom. The van der Waals surface area contributed by atoms with Gasteiger partial charge in [-0.25, -0.2) is 4.79 Å². The molecule has 3 aromatic rings. The first-order chi connectivity index (χ1) is 13.1. The first kappa shape index (κ1) is 16.7. The fraction of sp³-hybridized carbons (Fsp3) is 0.0455. The van der Waals surface area contributed by atoms with Gasteiger partial charge in [-0.2, -0.15) is 0 Å². The molecule has 0 unspecified atom stereocenters. The average molecular weight is 356 g/mol. The number of anilines is 2. The van der Waals surface area contributed by atoms with Crippen molar-refractivity contribution in [1.29, 1.82) is 0 Å². The molecule has 0 radical (unpaired) electrons. The van der Waals surface area contributed by atoms with Gasteiger partial charge in [-0.1, -0.05) is 59.3 Å². The molecule has 132 valence electrons. The van der Waals surface area contributed by atoms with Gasteiger partial charge in [0.1, 0.15) is 0 Å². The van der Waals surface area contributed by atoms with Crippen molar-refractivity contribution in [2.75, 3.05) is 4.90 Å². The number of fused-ring (bicyclic) bond motifs is 1. The second kappa shape index (κ2) is 6.88. The van der Waals surface area contributed by atoms with Crippen LogP contribution in [0.4, 0.5) is 11.4 Å². The van der Waals surface area contributed by atoms with Crippen LogP contribution >= 0.6 is 0 Å². The van der Waals surface area contributed by atoms with Gasteiger partial charge < -0.3 is 4.84 Å². The fourth-order valence-corrected chi connectivity index (χ4v) is 2.95. The van der Waals surface area contributed by atoms with Crippen LogP contribution in [0.3, 0.4) is 0 Å². The van der Waals surface area contributed by atoms with Crippen LogP contribution in [0.5, 0.6) is 0 Å². The van der Waals surface area contributed by atoms with Crippen LogP contribution in [0.2, 0.25) is 0 Å². The summed E-state index contributed by atoms with van der Waals surface area (Å²) in [4.78, 5) is 31.8. The van der Waals surface area contributed by atoms with Crippen LogP contribution in [-0.2, 0) is 9.63 Å². The number of rotatable bonds is 3. The van der Waals surface area contributed by atoms with Gasteiger partial charge >= 0.3 is 5.97 Å². The predicted molar refractivity (Wildman–Crippen MR) is 103 cm³/mol. The molecule has 0 aliphatic carbocycles. The molecule has 0 atom stereocenters. The van der Waals surface area contributed by atoms with Crippen molar-refractivity contribution in [1.82, 2.24) is 0 Å². The van der Waals surface area contributed by atoms with Crippen molar-refractivity contribution in [2.45, 2.75) is 6.92 Å². The fourth-order valence-electron chi connectivity index (χ4n) is 2.95. The third-order valence-electron chi connectivity index (χ3n) is 4.33. The van der Waals surface area contributed by atoms with Crippen molar-refractivity contribution >= 4 is 29.0 Å². The smallest absolute Gasteiger partial charge is 0.312 e. The van der Waals surface area contributed by atoms with Gasteiger partial charge in [-0.3, -0.25) is 9.69 Å². The Balaban J connectivity index is 1.67. The van der Waals surface area contributed by atoms with E-state index in [-0.39, 0.29) is 11.6 Å². The molecular weight excluding hydrogens is 340 g/mol. The minimum Gasteiger partial charge on any atom is -0.312 e. The van der Waals surface area contributed by atoms with Crippen LogP contribution in [0.25, 0.3) is 0 Å². The lowest BCUT2D eigenvalue weighted by Crippen LogP contribution is -2.25. The molecule has 4 rings (SSSR count). The Morgan fingerprint density at radius 3 is 2.30 bits per heavy atom. The molecule has 0 bridgehead atoms. The van der Waals surface area contributed by atoms with E-state index in [0.29, 0.717) is 16.8 Å².